The van der Waals surface area contributed by atoms with Crippen molar-refractivity contribution in [3.05, 3.63) is 35.9 Å². The number of hydrogen-bond donors (Lipinski definition) is 0. The van der Waals surface area contributed by atoms with Crippen LogP contribution in [0, 0.1) is 0 Å². The maximum Gasteiger partial charge on any atom is 0.0321 e. The maximum absolute atomic E-state index is 3.95. The standard InChI is InChI=1S/C14H21Br/c1-4-13(14(15,5-2)6-3)12-10-8-7-9-11-12/h7-11,13H,4-6H2,1-3H3. The monoisotopic (exact) mass is 268 g/mol. The van der Waals surface area contributed by atoms with Crippen molar-refractivity contribution in [2.45, 2.75) is 50.3 Å². The molecule has 0 aliphatic rings. The van der Waals surface area contributed by atoms with Gasteiger partial charge in [0.25, 0.3) is 0 Å². The summed E-state index contributed by atoms with van der Waals surface area (Å²) in [5, 5.41) is 0. The molecule has 84 valence electrons. The second kappa shape index (κ2) is 5.69. The van der Waals surface area contributed by atoms with E-state index in [1.165, 1.54) is 24.8 Å². The van der Waals surface area contributed by atoms with E-state index in [9.17, 15) is 0 Å². The molecule has 0 bridgehead atoms. The summed E-state index contributed by atoms with van der Waals surface area (Å²) in [6.45, 7) is 6.81. The molecule has 0 radical (unpaired) electrons. The molecule has 0 N–H and O–H groups in total. The van der Waals surface area contributed by atoms with Crippen molar-refractivity contribution in [3.63, 3.8) is 0 Å². The Kier molecular flexibility index (Phi) is 4.85. The van der Waals surface area contributed by atoms with Gasteiger partial charge < -0.3 is 0 Å². The molecule has 0 fully saturated rings. The Morgan fingerprint density at radius 1 is 1.07 bits per heavy atom. The van der Waals surface area contributed by atoms with Crippen molar-refractivity contribution < 1.29 is 0 Å². The van der Waals surface area contributed by atoms with Crippen molar-refractivity contribution >= 4 is 15.9 Å². The predicted molar refractivity (Wildman–Crippen MR) is 71.7 cm³/mol. The molecule has 1 heteroatoms. The van der Waals surface area contributed by atoms with E-state index in [4.69, 9.17) is 0 Å². The summed E-state index contributed by atoms with van der Waals surface area (Å²) in [7, 11) is 0. The zero-order chi connectivity index (χ0) is 11.3. The van der Waals surface area contributed by atoms with Crippen LogP contribution in [0.2, 0.25) is 0 Å². The van der Waals surface area contributed by atoms with Gasteiger partial charge in [-0.3, -0.25) is 0 Å². The molecule has 0 aliphatic heterocycles. The third-order valence-corrected chi connectivity index (χ3v) is 5.08. The van der Waals surface area contributed by atoms with Crippen molar-refractivity contribution in [1.29, 1.82) is 0 Å². The minimum absolute atomic E-state index is 0.267. The van der Waals surface area contributed by atoms with Crippen LogP contribution in [0.4, 0.5) is 0 Å². The summed E-state index contributed by atoms with van der Waals surface area (Å²) in [6, 6.07) is 10.8. The molecule has 1 rings (SSSR count). The highest BCUT2D eigenvalue weighted by Crippen LogP contribution is 2.43. The molecule has 0 spiro atoms. The van der Waals surface area contributed by atoms with Gasteiger partial charge >= 0.3 is 0 Å². The lowest BCUT2D eigenvalue weighted by Gasteiger charge is -2.34. The number of hydrogen-bond acceptors (Lipinski definition) is 0. The van der Waals surface area contributed by atoms with Crippen molar-refractivity contribution in [1.82, 2.24) is 0 Å². The molecule has 15 heavy (non-hydrogen) atoms. The van der Waals surface area contributed by atoms with Crippen molar-refractivity contribution in [2.24, 2.45) is 0 Å². The zero-order valence-corrected chi connectivity index (χ0v) is 11.5. The first-order valence-electron chi connectivity index (χ1n) is 5.91. The molecular weight excluding hydrogens is 248 g/mol. The lowest BCUT2D eigenvalue weighted by molar-refractivity contribution is 0.445. The van der Waals surface area contributed by atoms with E-state index in [-0.39, 0.29) is 4.32 Å². The Bertz CT molecular complexity index is 275. The highest BCUT2D eigenvalue weighted by Gasteiger charge is 2.32. The van der Waals surface area contributed by atoms with Gasteiger partial charge in [0.15, 0.2) is 0 Å². The smallest absolute Gasteiger partial charge is 0.0321 e. The lowest BCUT2D eigenvalue weighted by atomic mass is 9.81. The number of halogens is 1. The maximum atomic E-state index is 3.95. The van der Waals surface area contributed by atoms with Crippen LogP contribution < -0.4 is 0 Å². The van der Waals surface area contributed by atoms with Crippen LogP contribution in [0.1, 0.15) is 51.5 Å². The van der Waals surface area contributed by atoms with Crippen LogP contribution in [0.15, 0.2) is 30.3 Å². The van der Waals surface area contributed by atoms with E-state index in [1.54, 1.807) is 0 Å². The summed E-state index contributed by atoms with van der Waals surface area (Å²) >= 11 is 3.95. The minimum atomic E-state index is 0.267. The van der Waals surface area contributed by atoms with E-state index in [0.717, 1.165) is 0 Å². The number of alkyl halides is 1. The molecule has 0 saturated heterocycles. The molecule has 0 heterocycles. The van der Waals surface area contributed by atoms with Gasteiger partial charge in [-0.15, -0.1) is 0 Å². The first-order chi connectivity index (χ1) is 7.18. The summed E-state index contributed by atoms with van der Waals surface area (Å²) < 4.78 is 0.267. The van der Waals surface area contributed by atoms with Gasteiger partial charge in [-0.05, 0) is 30.7 Å². The van der Waals surface area contributed by atoms with Crippen LogP contribution in [-0.2, 0) is 0 Å². The van der Waals surface area contributed by atoms with Crippen LogP contribution in [0.5, 0.6) is 0 Å². The zero-order valence-electron chi connectivity index (χ0n) is 9.96. The summed E-state index contributed by atoms with van der Waals surface area (Å²) in [6.07, 6.45) is 3.55. The molecular formula is C14H21Br. The summed E-state index contributed by atoms with van der Waals surface area (Å²) in [5.41, 5.74) is 1.46. The van der Waals surface area contributed by atoms with Gasteiger partial charge in [-0.2, -0.15) is 0 Å². The van der Waals surface area contributed by atoms with Crippen molar-refractivity contribution in [2.75, 3.05) is 0 Å². The summed E-state index contributed by atoms with van der Waals surface area (Å²) in [5.74, 6) is 0.619. The third-order valence-electron chi connectivity index (χ3n) is 3.41. The Morgan fingerprint density at radius 2 is 1.60 bits per heavy atom. The highest BCUT2D eigenvalue weighted by atomic mass is 79.9. The molecule has 0 aliphatic carbocycles. The Hall–Kier alpha value is -0.300. The lowest BCUT2D eigenvalue weighted by Crippen LogP contribution is -2.27. The van der Waals surface area contributed by atoms with E-state index in [2.05, 4.69) is 67.0 Å². The molecule has 0 nitrogen and oxygen atoms in total. The quantitative estimate of drug-likeness (QED) is 0.650. The highest BCUT2D eigenvalue weighted by molar-refractivity contribution is 9.10. The average Bonchev–Trinajstić information content (AvgIpc) is 2.31. The molecule has 0 aromatic heterocycles. The van der Waals surface area contributed by atoms with E-state index < -0.39 is 0 Å². The van der Waals surface area contributed by atoms with Gasteiger partial charge in [0.2, 0.25) is 0 Å². The second-order valence-electron chi connectivity index (χ2n) is 4.11. The van der Waals surface area contributed by atoms with Crippen LogP contribution in [0.25, 0.3) is 0 Å². The van der Waals surface area contributed by atoms with Gasteiger partial charge in [-0.25, -0.2) is 0 Å². The SMILES string of the molecule is CCC(c1ccccc1)C(Br)(CC)CC. The molecule has 1 atom stereocenters. The Morgan fingerprint density at radius 3 is 2.00 bits per heavy atom. The van der Waals surface area contributed by atoms with Gasteiger partial charge in [0.05, 0.1) is 0 Å². The molecule has 0 saturated carbocycles. The van der Waals surface area contributed by atoms with Gasteiger partial charge in [-0.1, -0.05) is 67.0 Å². The minimum Gasteiger partial charge on any atom is -0.0847 e. The van der Waals surface area contributed by atoms with E-state index >= 15 is 0 Å². The fraction of sp³-hybridized carbons (Fsp3) is 0.571. The molecule has 1 aromatic rings. The first kappa shape index (κ1) is 12.8. The fourth-order valence-corrected chi connectivity index (χ4v) is 2.92. The number of rotatable bonds is 5. The normalized spacial score (nSPS) is 13.9. The Balaban J connectivity index is 2.98. The van der Waals surface area contributed by atoms with Gasteiger partial charge in [0, 0.05) is 4.32 Å². The van der Waals surface area contributed by atoms with Crippen LogP contribution in [-0.4, -0.2) is 4.32 Å². The average molecular weight is 269 g/mol. The largest absolute Gasteiger partial charge is 0.0847 e. The van der Waals surface area contributed by atoms with Crippen molar-refractivity contribution in [3.8, 4) is 0 Å². The molecule has 1 aromatic carbocycles. The van der Waals surface area contributed by atoms with E-state index in [1.807, 2.05) is 0 Å². The first-order valence-corrected chi connectivity index (χ1v) is 6.71. The second-order valence-corrected chi connectivity index (χ2v) is 5.69. The Labute approximate surface area is 102 Å². The van der Waals surface area contributed by atoms with E-state index in [0.29, 0.717) is 5.92 Å². The fourth-order valence-electron chi connectivity index (χ4n) is 2.33. The van der Waals surface area contributed by atoms with Crippen LogP contribution in [0.3, 0.4) is 0 Å². The molecule has 0 amide bonds. The van der Waals surface area contributed by atoms with Crippen LogP contribution >= 0.6 is 15.9 Å². The topological polar surface area (TPSA) is 0 Å². The third kappa shape index (κ3) is 2.84. The number of benzene rings is 1. The molecule has 1 unspecified atom stereocenters. The van der Waals surface area contributed by atoms with Gasteiger partial charge in [0.1, 0.15) is 0 Å². The predicted octanol–water partition coefficient (Wildman–Crippen LogP) is 5.13. The summed E-state index contributed by atoms with van der Waals surface area (Å²) in [4.78, 5) is 0.